The van der Waals surface area contributed by atoms with Crippen LogP contribution in [0.1, 0.15) is 26.2 Å². The Hall–Kier alpha value is -0.0700. The van der Waals surface area contributed by atoms with Crippen LogP contribution in [0.4, 0.5) is 4.39 Å². The molecule has 58 valence electrons. The number of rotatable bonds is 1. The molecule has 0 saturated heterocycles. The van der Waals surface area contributed by atoms with Gasteiger partial charge >= 0.3 is 0 Å². The second-order valence-electron chi connectivity index (χ2n) is 4.01. The molecule has 4 unspecified atom stereocenters. The fraction of sp³-hybridized carbons (Fsp3) is 1.00. The van der Waals surface area contributed by atoms with E-state index in [1.165, 1.54) is 19.3 Å². The lowest BCUT2D eigenvalue weighted by Gasteiger charge is -2.25. The Kier molecular flexibility index (Phi) is 1.47. The third kappa shape index (κ3) is 0.724. The van der Waals surface area contributed by atoms with E-state index in [4.69, 9.17) is 0 Å². The van der Waals surface area contributed by atoms with Gasteiger partial charge in [0, 0.05) is 0 Å². The molecule has 2 fully saturated rings. The average Bonchev–Trinajstić information content (AvgIpc) is 2.46. The van der Waals surface area contributed by atoms with E-state index in [-0.39, 0.29) is 6.67 Å². The molecule has 2 saturated carbocycles. The van der Waals surface area contributed by atoms with E-state index in [9.17, 15) is 4.39 Å². The van der Waals surface area contributed by atoms with Crippen LogP contribution in [0.2, 0.25) is 0 Å². The van der Waals surface area contributed by atoms with Crippen LogP contribution in [-0.2, 0) is 0 Å². The fourth-order valence-corrected chi connectivity index (χ4v) is 2.96. The minimum Gasteiger partial charge on any atom is -0.251 e. The lowest BCUT2D eigenvalue weighted by molar-refractivity contribution is 0.193. The predicted molar refractivity (Wildman–Crippen MR) is 39.5 cm³/mol. The van der Waals surface area contributed by atoms with Gasteiger partial charge < -0.3 is 0 Å². The molecule has 0 N–H and O–H groups in total. The Morgan fingerprint density at radius 3 is 2.40 bits per heavy atom. The van der Waals surface area contributed by atoms with Gasteiger partial charge in [0.2, 0.25) is 0 Å². The van der Waals surface area contributed by atoms with E-state index in [0.717, 1.165) is 11.8 Å². The molecule has 2 bridgehead atoms. The van der Waals surface area contributed by atoms with Crippen molar-refractivity contribution in [1.29, 1.82) is 0 Å². The average molecular weight is 142 g/mol. The van der Waals surface area contributed by atoms with Crippen LogP contribution in [0.15, 0.2) is 0 Å². The molecule has 2 aliphatic rings. The summed E-state index contributed by atoms with van der Waals surface area (Å²) in [4.78, 5) is 0. The number of alkyl halides is 1. The first-order valence-electron chi connectivity index (χ1n) is 4.39. The van der Waals surface area contributed by atoms with Crippen LogP contribution in [-0.4, -0.2) is 6.67 Å². The van der Waals surface area contributed by atoms with E-state index in [1.54, 1.807) is 0 Å². The molecule has 1 heteroatoms. The van der Waals surface area contributed by atoms with Gasteiger partial charge in [0.15, 0.2) is 0 Å². The quantitative estimate of drug-likeness (QED) is 0.528. The minimum atomic E-state index is -0.0671. The summed E-state index contributed by atoms with van der Waals surface area (Å²) in [7, 11) is 0. The molecule has 0 aromatic heterocycles. The highest BCUT2D eigenvalue weighted by Crippen LogP contribution is 2.51. The van der Waals surface area contributed by atoms with Crippen molar-refractivity contribution >= 4 is 0 Å². The summed E-state index contributed by atoms with van der Waals surface area (Å²) in [5.41, 5.74) is 0. The summed E-state index contributed by atoms with van der Waals surface area (Å²) in [6.45, 7) is 2.16. The molecule has 0 aromatic rings. The molecule has 0 amide bonds. The molecular weight excluding hydrogens is 127 g/mol. The second kappa shape index (κ2) is 2.21. The van der Waals surface area contributed by atoms with Gasteiger partial charge in [0.1, 0.15) is 0 Å². The normalized spacial score (nSPS) is 52.2. The maximum Gasteiger partial charge on any atom is 0.0927 e. The highest BCUT2D eigenvalue weighted by atomic mass is 19.1. The van der Waals surface area contributed by atoms with Gasteiger partial charge in [0.25, 0.3) is 0 Å². The van der Waals surface area contributed by atoms with Gasteiger partial charge in [-0.1, -0.05) is 6.92 Å². The Bertz CT molecular complexity index is 131. The fourth-order valence-electron chi connectivity index (χ4n) is 2.96. The molecule has 4 atom stereocenters. The zero-order chi connectivity index (χ0) is 7.14. The van der Waals surface area contributed by atoms with Crippen LogP contribution in [0.3, 0.4) is 0 Å². The first-order chi connectivity index (χ1) is 4.83. The monoisotopic (exact) mass is 142 g/mol. The maximum absolute atomic E-state index is 12.4. The van der Waals surface area contributed by atoms with Crippen LogP contribution < -0.4 is 0 Å². The van der Waals surface area contributed by atoms with Crippen molar-refractivity contribution in [1.82, 2.24) is 0 Å². The summed E-state index contributed by atoms with van der Waals surface area (Å²) in [6.07, 6.45) is 4.02. The summed E-state index contributed by atoms with van der Waals surface area (Å²) in [5, 5.41) is 0. The Balaban J connectivity index is 2.10. The Labute approximate surface area is 61.8 Å². The first-order valence-corrected chi connectivity index (χ1v) is 4.39. The summed E-state index contributed by atoms with van der Waals surface area (Å²) < 4.78 is 12.4. The van der Waals surface area contributed by atoms with Gasteiger partial charge in [-0.25, -0.2) is 0 Å². The third-order valence-corrected chi connectivity index (χ3v) is 3.72. The lowest BCUT2D eigenvalue weighted by Crippen LogP contribution is -2.21. The number of hydrogen-bond acceptors (Lipinski definition) is 0. The molecular formula is C9H15F. The predicted octanol–water partition coefficient (Wildman–Crippen LogP) is 2.64. The van der Waals surface area contributed by atoms with Crippen LogP contribution in [0.25, 0.3) is 0 Å². The van der Waals surface area contributed by atoms with Crippen molar-refractivity contribution in [3.63, 3.8) is 0 Å². The van der Waals surface area contributed by atoms with E-state index in [2.05, 4.69) is 6.92 Å². The van der Waals surface area contributed by atoms with Crippen molar-refractivity contribution in [2.24, 2.45) is 23.7 Å². The lowest BCUT2D eigenvalue weighted by atomic mass is 9.81. The first kappa shape index (κ1) is 6.63. The van der Waals surface area contributed by atoms with Gasteiger partial charge in [-0.3, -0.25) is 4.39 Å². The van der Waals surface area contributed by atoms with E-state index >= 15 is 0 Å². The van der Waals surface area contributed by atoms with Crippen molar-refractivity contribution in [3.05, 3.63) is 0 Å². The number of halogens is 1. The Morgan fingerprint density at radius 1 is 1.30 bits per heavy atom. The molecule has 0 aliphatic heterocycles. The van der Waals surface area contributed by atoms with Gasteiger partial charge in [-0.2, -0.15) is 0 Å². The van der Waals surface area contributed by atoms with Gasteiger partial charge in [0.05, 0.1) is 6.67 Å². The molecule has 2 aliphatic carbocycles. The van der Waals surface area contributed by atoms with Crippen molar-refractivity contribution in [2.45, 2.75) is 26.2 Å². The molecule has 2 rings (SSSR count). The molecule has 0 spiro atoms. The topological polar surface area (TPSA) is 0 Å². The third-order valence-electron chi connectivity index (χ3n) is 3.72. The van der Waals surface area contributed by atoms with E-state index in [1.807, 2.05) is 0 Å². The standard InChI is InChI=1S/C9H15F/c1-6-7-2-3-8(4-7)9(6)5-10/h6-9H,2-5H2,1H3. The number of hydrogen-bond donors (Lipinski definition) is 0. The van der Waals surface area contributed by atoms with Crippen LogP contribution >= 0.6 is 0 Å². The van der Waals surface area contributed by atoms with Gasteiger partial charge in [-0.15, -0.1) is 0 Å². The second-order valence-corrected chi connectivity index (χ2v) is 4.01. The molecule has 0 radical (unpaired) electrons. The largest absolute Gasteiger partial charge is 0.251 e. The van der Waals surface area contributed by atoms with Crippen LogP contribution in [0.5, 0.6) is 0 Å². The maximum atomic E-state index is 12.4. The van der Waals surface area contributed by atoms with Crippen molar-refractivity contribution in [2.75, 3.05) is 6.67 Å². The smallest absolute Gasteiger partial charge is 0.0927 e. The molecule has 0 nitrogen and oxygen atoms in total. The summed E-state index contributed by atoms with van der Waals surface area (Å²) in [6, 6.07) is 0. The highest BCUT2D eigenvalue weighted by molar-refractivity contribution is 4.94. The highest BCUT2D eigenvalue weighted by Gasteiger charge is 2.44. The Morgan fingerprint density at radius 2 is 2.00 bits per heavy atom. The van der Waals surface area contributed by atoms with Gasteiger partial charge in [-0.05, 0) is 42.9 Å². The summed E-state index contributed by atoms with van der Waals surface area (Å²) in [5.74, 6) is 2.75. The molecule has 0 heterocycles. The molecule has 0 aromatic carbocycles. The summed E-state index contributed by atoms with van der Waals surface area (Å²) >= 11 is 0. The zero-order valence-corrected chi connectivity index (χ0v) is 6.52. The van der Waals surface area contributed by atoms with E-state index < -0.39 is 0 Å². The van der Waals surface area contributed by atoms with Crippen molar-refractivity contribution in [3.8, 4) is 0 Å². The van der Waals surface area contributed by atoms with E-state index in [0.29, 0.717) is 11.8 Å². The van der Waals surface area contributed by atoms with Crippen LogP contribution in [0, 0.1) is 23.7 Å². The zero-order valence-electron chi connectivity index (χ0n) is 6.52. The molecule has 10 heavy (non-hydrogen) atoms. The SMILES string of the molecule is CC1C2CCC(C2)C1CF. The number of fused-ring (bicyclic) bond motifs is 2. The van der Waals surface area contributed by atoms with Crippen molar-refractivity contribution < 1.29 is 4.39 Å². The minimum absolute atomic E-state index is 0.0671.